The first kappa shape index (κ1) is 14.7. The number of rotatable bonds is 3. The van der Waals surface area contributed by atoms with E-state index in [0.717, 1.165) is 5.69 Å². The van der Waals surface area contributed by atoms with Crippen LogP contribution in [0.1, 0.15) is 28.6 Å². The molecule has 7 nitrogen and oxygen atoms in total. The summed E-state index contributed by atoms with van der Waals surface area (Å²) in [6.07, 6.45) is 2.05. The molecule has 0 unspecified atom stereocenters. The Morgan fingerprint density at radius 2 is 2.23 bits per heavy atom. The molecule has 1 saturated heterocycles. The summed E-state index contributed by atoms with van der Waals surface area (Å²) in [6.45, 7) is 1.80. The molecule has 2 aromatic rings. The first-order valence-electron chi connectivity index (χ1n) is 6.93. The van der Waals surface area contributed by atoms with Gasteiger partial charge in [0.25, 0.3) is 5.91 Å². The van der Waals surface area contributed by atoms with Crippen molar-refractivity contribution in [3.63, 3.8) is 0 Å². The Balaban J connectivity index is 1.84. The number of hydrogen-bond donors (Lipinski definition) is 1. The topological polar surface area (TPSA) is 94.0 Å². The highest BCUT2D eigenvalue weighted by Crippen LogP contribution is 2.27. The Kier molecular flexibility index (Phi) is 3.69. The van der Waals surface area contributed by atoms with Gasteiger partial charge in [-0.2, -0.15) is 5.10 Å². The molecule has 1 aliphatic heterocycles. The highest BCUT2D eigenvalue weighted by Gasteiger charge is 2.31. The van der Waals surface area contributed by atoms with Crippen molar-refractivity contribution in [2.24, 2.45) is 0 Å². The van der Waals surface area contributed by atoms with Crippen LogP contribution in [0.25, 0.3) is 0 Å². The van der Waals surface area contributed by atoms with Gasteiger partial charge >= 0.3 is 0 Å². The van der Waals surface area contributed by atoms with E-state index < -0.39 is 9.84 Å². The number of hydrogen-bond acceptors (Lipinski definition) is 5. The van der Waals surface area contributed by atoms with Gasteiger partial charge in [0.1, 0.15) is 11.5 Å². The lowest BCUT2D eigenvalue weighted by Crippen LogP contribution is -2.20. The maximum atomic E-state index is 12.2. The van der Waals surface area contributed by atoms with Crippen LogP contribution in [0.4, 0.5) is 5.82 Å². The summed E-state index contributed by atoms with van der Waals surface area (Å²) in [4.78, 5) is 16.2. The molecule has 0 saturated carbocycles. The number of aromatic nitrogens is 3. The Morgan fingerprint density at radius 3 is 2.86 bits per heavy atom. The third-order valence-electron chi connectivity index (χ3n) is 3.55. The molecule has 0 spiro atoms. The number of nitrogens with zero attached hydrogens (tertiary/aromatic N) is 3. The molecule has 3 heterocycles. The molecular formula is C14H16N4O3S. The van der Waals surface area contributed by atoms with E-state index >= 15 is 0 Å². The Bertz CT molecular complexity index is 799. The number of pyridine rings is 1. The number of carbonyl (C=O) groups excluding carboxylic acids is 1. The van der Waals surface area contributed by atoms with E-state index in [4.69, 9.17) is 0 Å². The van der Waals surface area contributed by atoms with Crippen LogP contribution in [-0.4, -0.2) is 40.6 Å². The average Bonchev–Trinajstić information content (AvgIpc) is 3.02. The quantitative estimate of drug-likeness (QED) is 0.917. The Labute approximate surface area is 128 Å². The van der Waals surface area contributed by atoms with Crippen molar-refractivity contribution in [2.75, 3.05) is 16.8 Å². The van der Waals surface area contributed by atoms with Crippen molar-refractivity contribution in [1.82, 2.24) is 14.8 Å². The van der Waals surface area contributed by atoms with Crippen molar-refractivity contribution in [3.05, 3.63) is 41.9 Å². The van der Waals surface area contributed by atoms with Gasteiger partial charge < -0.3 is 5.32 Å². The van der Waals surface area contributed by atoms with E-state index in [0.29, 0.717) is 17.9 Å². The normalized spacial score (nSPS) is 20.0. The summed E-state index contributed by atoms with van der Waals surface area (Å²) in [5.74, 6) is 0.364. The lowest BCUT2D eigenvalue weighted by Gasteiger charge is -2.13. The number of carbonyl (C=O) groups is 1. The van der Waals surface area contributed by atoms with Crippen molar-refractivity contribution >= 4 is 21.6 Å². The molecule has 2 aromatic heterocycles. The molecule has 0 radical (unpaired) electrons. The van der Waals surface area contributed by atoms with Crippen molar-refractivity contribution in [2.45, 2.75) is 19.4 Å². The minimum absolute atomic E-state index is 0.0561. The van der Waals surface area contributed by atoms with Gasteiger partial charge in [-0.25, -0.2) is 13.1 Å². The number of sulfone groups is 1. The molecular weight excluding hydrogens is 304 g/mol. The average molecular weight is 320 g/mol. The smallest absolute Gasteiger partial charge is 0.275 e. The van der Waals surface area contributed by atoms with Crippen LogP contribution in [0.2, 0.25) is 0 Å². The van der Waals surface area contributed by atoms with Crippen molar-refractivity contribution in [3.8, 4) is 0 Å². The largest absolute Gasteiger partial charge is 0.305 e. The number of aryl methyl sites for hydroxylation is 1. The van der Waals surface area contributed by atoms with Crippen molar-refractivity contribution < 1.29 is 13.2 Å². The van der Waals surface area contributed by atoms with Crippen LogP contribution < -0.4 is 5.32 Å². The summed E-state index contributed by atoms with van der Waals surface area (Å²) in [7, 11) is -3.02. The summed E-state index contributed by atoms with van der Waals surface area (Å²) in [5, 5.41) is 7.08. The summed E-state index contributed by atoms with van der Waals surface area (Å²) in [5.41, 5.74) is 1.02. The molecule has 0 aliphatic carbocycles. The second-order valence-corrected chi connectivity index (χ2v) is 7.57. The lowest BCUT2D eigenvalue weighted by atomic mass is 10.3. The minimum Gasteiger partial charge on any atom is -0.305 e. The highest BCUT2D eigenvalue weighted by atomic mass is 32.2. The minimum atomic E-state index is -3.02. The van der Waals surface area contributed by atoms with E-state index in [1.807, 2.05) is 0 Å². The predicted molar refractivity (Wildman–Crippen MR) is 81.5 cm³/mol. The van der Waals surface area contributed by atoms with Gasteiger partial charge in [0.05, 0.1) is 23.2 Å². The summed E-state index contributed by atoms with van der Waals surface area (Å²) < 4.78 is 24.9. The number of anilines is 1. The molecule has 0 aromatic carbocycles. The van der Waals surface area contributed by atoms with Crippen LogP contribution >= 0.6 is 0 Å². The first-order chi connectivity index (χ1) is 10.4. The summed E-state index contributed by atoms with van der Waals surface area (Å²) >= 11 is 0. The zero-order valence-corrected chi connectivity index (χ0v) is 12.9. The monoisotopic (exact) mass is 320 g/mol. The highest BCUT2D eigenvalue weighted by molar-refractivity contribution is 7.91. The fraction of sp³-hybridized carbons (Fsp3) is 0.357. The standard InChI is InChI=1S/C14H16N4O3S/c1-10-8-13(16-14(19)12-4-2-3-6-15-12)18(17-10)11-5-7-22(20,21)9-11/h2-4,6,8,11H,5,7,9H2,1H3,(H,16,19)/t11-/m1/s1. The van der Waals surface area contributed by atoms with Gasteiger partial charge in [0.15, 0.2) is 9.84 Å². The zero-order valence-electron chi connectivity index (χ0n) is 12.1. The first-order valence-corrected chi connectivity index (χ1v) is 8.76. The SMILES string of the molecule is Cc1cc(NC(=O)c2ccccn2)n([C@@H]2CCS(=O)(=O)C2)n1. The van der Waals surface area contributed by atoms with Crippen LogP contribution in [0.15, 0.2) is 30.5 Å². The van der Waals surface area contributed by atoms with Gasteiger partial charge in [0, 0.05) is 12.3 Å². The molecule has 1 aliphatic rings. The van der Waals surface area contributed by atoms with Crippen LogP contribution in [0.3, 0.4) is 0 Å². The maximum absolute atomic E-state index is 12.2. The summed E-state index contributed by atoms with van der Waals surface area (Å²) in [6, 6.07) is 6.56. The van der Waals surface area contributed by atoms with Gasteiger partial charge in [0.2, 0.25) is 0 Å². The molecule has 1 N–H and O–H groups in total. The molecule has 116 valence electrons. The van der Waals surface area contributed by atoms with E-state index in [1.165, 1.54) is 0 Å². The van der Waals surface area contributed by atoms with Gasteiger partial charge in [-0.05, 0) is 25.5 Å². The Morgan fingerprint density at radius 1 is 1.41 bits per heavy atom. The van der Waals surface area contributed by atoms with E-state index in [9.17, 15) is 13.2 Å². The second-order valence-electron chi connectivity index (χ2n) is 5.34. The molecule has 0 bridgehead atoms. The molecule has 8 heteroatoms. The molecule has 22 heavy (non-hydrogen) atoms. The third-order valence-corrected chi connectivity index (χ3v) is 5.30. The number of nitrogens with one attached hydrogen (secondary N) is 1. The Hall–Kier alpha value is -2.22. The van der Waals surface area contributed by atoms with Gasteiger partial charge in [-0.15, -0.1) is 0 Å². The fourth-order valence-electron chi connectivity index (χ4n) is 2.53. The van der Waals surface area contributed by atoms with Crippen molar-refractivity contribution in [1.29, 1.82) is 0 Å². The van der Waals surface area contributed by atoms with Gasteiger partial charge in [-0.3, -0.25) is 9.78 Å². The van der Waals surface area contributed by atoms with E-state index in [2.05, 4.69) is 15.4 Å². The van der Waals surface area contributed by atoms with Crippen LogP contribution in [-0.2, 0) is 9.84 Å². The van der Waals surface area contributed by atoms with E-state index in [1.54, 1.807) is 42.1 Å². The number of amides is 1. The predicted octanol–water partition coefficient (Wildman–Crippen LogP) is 1.20. The van der Waals surface area contributed by atoms with Crippen LogP contribution in [0.5, 0.6) is 0 Å². The molecule has 3 rings (SSSR count). The lowest BCUT2D eigenvalue weighted by molar-refractivity contribution is 0.102. The van der Waals surface area contributed by atoms with Crippen LogP contribution in [0, 0.1) is 6.92 Å². The fourth-order valence-corrected chi connectivity index (χ4v) is 4.23. The zero-order chi connectivity index (χ0) is 15.7. The molecule has 1 fully saturated rings. The maximum Gasteiger partial charge on any atom is 0.275 e. The van der Waals surface area contributed by atoms with Gasteiger partial charge in [-0.1, -0.05) is 6.07 Å². The third kappa shape index (κ3) is 3.01. The van der Waals surface area contributed by atoms with E-state index in [-0.39, 0.29) is 23.5 Å². The second kappa shape index (κ2) is 5.53. The molecule has 1 amide bonds. The molecule has 1 atom stereocenters.